The summed E-state index contributed by atoms with van der Waals surface area (Å²) in [7, 11) is 2.18. The second kappa shape index (κ2) is 5.00. The van der Waals surface area contributed by atoms with Crippen LogP contribution in [0.5, 0.6) is 0 Å². The van der Waals surface area contributed by atoms with Crippen LogP contribution in [0.2, 0.25) is 0 Å². The first-order valence-corrected chi connectivity index (χ1v) is 6.33. The van der Waals surface area contributed by atoms with Crippen molar-refractivity contribution in [2.24, 2.45) is 0 Å². The summed E-state index contributed by atoms with van der Waals surface area (Å²) in [5.41, 5.74) is 0.249. The zero-order valence-corrected chi connectivity index (χ0v) is 10.8. The maximum absolute atomic E-state index is 5.82. The van der Waals surface area contributed by atoms with Crippen LogP contribution in [0.3, 0.4) is 0 Å². The van der Waals surface area contributed by atoms with E-state index in [4.69, 9.17) is 4.74 Å². The molecule has 0 radical (unpaired) electrons. The molecule has 0 saturated carbocycles. The lowest BCUT2D eigenvalue weighted by Crippen LogP contribution is -2.59. The molecule has 2 rings (SSSR count). The van der Waals surface area contributed by atoms with E-state index in [9.17, 15) is 0 Å². The lowest BCUT2D eigenvalue weighted by molar-refractivity contribution is -0.0410. The number of nitrogens with one attached hydrogen (secondary N) is 1. The number of hydrogen-bond donors (Lipinski definition) is 1. The third kappa shape index (κ3) is 3.42. The van der Waals surface area contributed by atoms with Crippen LogP contribution >= 0.6 is 0 Å². The SMILES string of the molecule is CN1CCOC(CN2CCNC(C)(C)C2)C1. The first kappa shape index (κ1) is 12.3. The summed E-state index contributed by atoms with van der Waals surface area (Å²) >= 11 is 0. The van der Waals surface area contributed by atoms with Gasteiger partial charge in [0.1, 0.15) is 0 Å². The molecular formula is C12H25N3O. The summed E-state index contributed by atoms with van der Waals surface area (Å²) < 4.78 is 5.82. The first-order chi connectivity index (χ1) is 7.55. The van der Waals surface area contributed by atoms with E-state index in [0.29, 0.717) is 6.10 Å². The highest BCUT2D eigenvalue weighted by molar-refractivity contribution is 4.88. The molecule has 0 amide bonds. The van der Waals surface area contributed by atoms with E-state index in [0.717, 1.165) is 45.9 Å². The summed E-state index contributed by atoms with van der Waals surface area (Å²) in [6.07, 6.45) is 0.396. The van der Waals surface area contributed by atoms with Gasteiger partial charge in [-0.3, -0.25) is 4.90 Å². The largest absolute Gasteiger partial charge is 0.374 e. The van der Waals surface area contributed by atoms with Gasteiger partial charge in [0, 0.05) is 44.8 Å². The molecule has 0 aromatic carbocycles. The van der Waals surface area contributed by atoms with Gasteiger partial charge in [0.2, 0.25) is 0 Å². The normalized spacial score (nSPS) is 32.8. The molecule has 0 bridgehead atoms. The van der Waals surface area contributed by atoms with Gasteiger partial charge in [-0.05, 0) is 20.9 Å². The van der Waals surface area contributed by atoms with Crippen molar-refractivity contribution in [1.29, 1.82) is 0 Å². The number of rotatable bonds is 2. The Morgan fingerprint density at radius 1 is 1.38 bits per heavy atom. The molecule has 1 N–H and O–H groups in total. The highest BCUT2D eigenvalue weighted by Crippen LogP contribution is 2.12. The second-order valence-electron chi connectivity index (χ2n) is 5.80. The Hall–Kier alpha value is -0.160. The Labute approximate surface area is 98.9 Å². The van der Waals surface area contributed by atoms with Gasteiger partial charge in [0.05, 0.1) is 12.7 Å². The zero-order valence-electron chi connectivity index (χ0n) is 10.8. The molecule has 2 aliphatic heterocycles. The first-order valence-electron chi connectivity index (χ1n) is 6.33. The van der Waals surface area contributed by atoms with Crippen LogP contribution in [-0.4, -0.2) is 74.4 Å². The van der Waals surface area contributed by atoms with Crippen molar-refractivity contribution < 1.29 is 4.74 Å². The summed E-state index contributed by atoms with van der Waals surface area (Å²) in [4.78, 5) is 4.89. The third-order valence-electron chi connectivity index (χ3n) is 3.45. The van der Waals surface area contributed by atoms with E-state index in [1.165, 1.54) is 0 Å². The fraction of sp³-hybridized carbons (Fsp3) is 1.00. The van der Waals surface area contributed by atoms with Crippen LogP contribution in [0.4, 0.5) is 0 Å². The molecule has 94 valence electrons. The topological polar surface area (TPSA) is 27.7 Å². The molecule has 2 heterocycles. The van der Waals surface area contributed by atoms with E-state index in [1.807, 2.05) is 0 Å². The summed E-state index contributed by atoms with van der Waals surface area (Å²) in [5.74, 6) is 0. The van der Waals surface area contributed by atoms with Gasteiger partial charge in [0.15, 0.2) is 0 Å². The van der Waals surface area contributed by atoms with Crippen molar-refractivity contribution in [3.63, 3.8) is 0 Å². The predicted molar refractivity (Wildman–Crippen MR) is 65.8 cm³/mol. The number of hydrogen-bond acceptors (Lipinski definition) is 4. The molecule has 4 nitrogen and oxygen atoms in total. The van der Waals surface area contributed by atoms with Gasteiger partial charge in [0.25, 0.3) is 0 Å². The van der Waals surface area contributed by atoms with Crippen molar-refractivity contribution in [3.8, 4) is 0 Å². The molecule has 0 aliphatic carbocycles. The minimum atomic E-state index is 0.249. The van der Waals surface area contributed by atoms with Gasteiger partial charge in [-0.25, -0.2) is 0 Å². The maximum Gasteiger partial charge on any atom is 0.0829 e. The van der Waals surface area contributed by atoms with Gasteiger partial charge < -0.3 is 15.0 Å². The predicted octanol–water partition coefficient (Wildman–Crippen LogP) is 0.000800. The van der Waals surface area contributed by atoms with E-state index in [1.54, 1.807) is 0 Å². The Balaban J connectivity index is 1.80. The van der Waals surface area contributed by atoms with Crippen LogP contribution in [0.1, 0.15) is 13.8 Å². The Morgan fingerprint density at radius 3 is 2.88 bits per heavy atom. The molecule has 0 aromatic rings. The quantitative estimate of drug-likeness (QED) is 0.719. The van der Waals surface area contributed by atoms with Gasteiger partial charge >= 0.3 is 0 Å². The van der Waals surface area contributed by atoms with E-state index in [2.05, 4.69) is 36.0 Å². The highest BCUT2D eigenvalue weighted by Gasteiger charge is 2.28. The van der Waals surface area contributed by atoms with Crippen LogP contribution in [0.25, 0.3) is 0 Å². The molecule has 0 aromatic heterocycles. The molecule has 1 unspecified atom stereocenters. The van der Waals surface area contributed by atoms with Gasteiger partial charge in [-0.2, -0.15) is 0 Å². The van der Waals surface area contributed by atoms with Crippen LogP contribution in [0.15, 0.2) is 0 Å². The highest BCUT2D eigenvalue weighted by atomic mass is 16.5. The van der Waals surface area contributed by atoms with E-state index < -0.39 is 0 Å². The molecule has 0 spiro atoms. The average molecular weight is 227 g/mol. The van der Waals surface area contributed by atoms with Crippen LogP contribution in [-0.2, 0) is 4.74 Å². The van der Waals surface area contributed by atoms with Gasteiger partial charge in [-0.1, -0.05) is 0 Å². The fourth-order valence-electron chi connectivity index (χ4n) is 2.67. The number of morpholine rings is 1. The molecule has 2 aliphatic rings. The number of ether oxygens (including phenoxy) is 1. The lowest BCUT2D eigenvalue weighted by atomic mass is 10.0. The van der Waals surface area contributed by atoms with Crippen molar-refractivity contribution >= 4 is 0 Å². The van der Waals surface area contributed by atoms with Crippen molar-refractivity contribution in [3.05, 3.63) is 0 Å². The van der Waals surface area contributed by atoms with E-state index in [-0.39, 0.29) is 5.54 Å². The van der Waals surface area contributed by atoms with Gasteiger partial charge in [-0.15, -0.1) is 0 Å². The molecule has 4 heteroatoms. The Morgan fingerprint density at radius 2 is 2.19 bits per heavy atom. The molecule has 2 fully saturated rings. The second-order valence-corrected chi connectivity index (χ2v) is 5.80. The Kier molecular flexibility index (Phi) is 3.85. The average Bonchev–Trinajstić information content (AvgIpc) is 2.15. The summed E-state index contributed by atoms with van der Waals surface area (Å²) in [5, 5.41) is 3.54. The fourth-order valence-corrected chi connectivity index (χ4v) is 2.67. The molecule has 16 heavy (non-hydrogen) atoms. The van der Waals surface area contributed by atoms with Crippen LogP contribution in [0, 0.1) is 0 Å². The minimum Gasteiger partial charge on any atom is -0.374 e. The Bertz CT molecular complexity index is 232. The monoisotopic (exact) mass is 227 g/mol. The van der Waals surface area contributed by atoms with Crippen molar-refractivity contribution in [2.45, 2.75) is 25.5 Å². The number of likely N-dealkylation sites (N-methyl/N-ethyl adjacent to an activating group) is 1. The number of nitrogens with zero attached hydrogens (tertiary/aromatic N) is 2. The van der Waals surface area contributed by atoms with Crippen molar-refractivity contribution in [2.75, 3.05) is 52.9 Å². The lowest BCUT2D eigenvalue weighted by Gasteiger charge is -2.41. The van der Waals surface area contributed by atoms with E-state index >= 15 is 0 Å². The molecule has 2 saturated heterocycles. The summed E-state index contributed by atoms with van der Waals surface area (Å²) in [6.45, 7) is 12.0. The minimum absolute atomic E-state index is 0.249. The third-order valence-corrected chi connectivity index (χ3v) is 3.45. The van der Waals surface area contributed by atoms with Crippen molar-refractivity contribution in [1.82, 2.24) is 15.1 Å². The maximum atomic E-state index is 5.82. The smallest absolute Gasteiger partial charge is 0.0829 e. The zero-order chi connectivity index (χ0) is 11.6. The standard InChI is InChI=1S/C12H25N3O/c1-12(2)10-15(5-4-13-12)9-11-8-14(3)6-7-16-11/h11,13H,4-10H2,1-3H3. The number of piperazine rings is 1. The molecular weight excluding hydrogens is 202 g/mol. The summed E-state index contributed by atoms with van der Waals surface area (Å²) in [6, 6.07) is 0. The molecule has 1 atom stereocenters. The van der Waals surface area contributed by atoms with Crippen LogP contribution < -0.4 is 5.32 Å².